The fourth-order valence-electron chi connectivity index (χ4n) is 1.77. The highest BCUT2D eigenvalue weighted by Crippen LogP contribution is 2.16. The largest absolute Gasteiger partial charge is 0.389 e. The zero-order chi connectivity index (χ0) is 11.5. The summed E-state index contributed by atoms with van der Waals surface area (Å²) in [6.07, 6.45) is 2.40. The third-order valence-electron chi connectivity index (χ3n) is 3.71. The van der Waals surface area contributed by atoms with E-state index in [0.29, 0.717) is 18.5 Å². The average Bonchev–Trinajstić information content (AvgIpc) is 2.17. The van der Waals surface area contributed by atoms with Gasteiger partial charge in [-0.3, -0.25) is 0 Å². The van der Waals surface area contributed by atoms with Gasteiger partial charge in [0, 0.05) is 12.6 Å². The zero-order valence-corrected chi connectivity index (χ0v) is 10.6. The van der Waals surface area contributed by atoms with Crippen LogP contribution < -0.4 is 5.32 Å². The molecule has 15 heavy (non-hydrogen) atoms. The van der Waals surface area contributed by atoms with Gasteiger partial charge in [-0.05, 0) is 45.8 Å². The summed E-state index contributed by atoms with van der Waals surface area (Å²) in [5, 5.41) is 13.6. The van der Waals surface area contributed by atoms with Crippen LogP contribution >= 0.6 is 0 Å². The van der Waals surface area contributed by atoms with Gasteiger partial charge in [0.15, 0.2) is 0 Å². The topological polar surface area (TPSA) is 35.5 Å². The molecular formula is C12H26N2O. The second kappa shape index (κ2) is 5.28. The Kier molecular flexibility index (Phi) is 4.56. The van der Waals surface area contributed by atoms with Crippen LogP contribution in [-0.4, -0.2) is 48.3 Å². The van der Waals surface area contributed by atoms with E-state index < -0.39 is 5.60 Å². The first kappa shape index (κ1) is 12.9. The number of likely N-dealkylation sites (tertiary alicyclic amines) is 1. The van der Waals surface area contributed by atoms with Crippen LogP contribution in [0, 0.1) is 5.92 Å². The number of nitrogens with zero attached hydrogens (tertiary/aromatic N) is 1. The number of hydrogen-bond acceptors (Lipinski definition) is 3. The van der Waals surface area contributed by atoms with Crippen LogP contribution in [0.5, 0.6) is 0 Å². The van der Waals surface area contributed by atoms with Gasteiger partial charge in [-0.25, -0.2) is 0 Å². The van der Waals surface area contributed by atoms with Crippen molar-refractivity contribution in [2.45, 2.75) is 45.3 Å². The second-order valence-electron chi connectivity index (χ2n) is 5.47. The lowest BCUT2D eigenvalue weighted by Gasteiger charge is -2.34. The summed E-state index contributed by atoms with van der Waals surface area (Å²) < 4.78 is 0. The molecule has 1 saturated heterocycles. The Morgan fingerprint density at radius 3 is 2.40 bits per heavy atom. The Labute approximate surface area is 93.9 Å². The van der Waals surface area contributed by atoms with E-state index in [1.165, 1.54) is 25.9 Å². The molecule has 1 aliphatic rings. The van der Waals surface area contributed by atoms with Crippen molar-refractivity contribution in [3.05, 3.63) is 0 Å². The second-order valence-corrected chi connectivity index (χ2v) is 5.47. The minimum Gasteiger partial charge on any atom is -0.389 e. The highest BCUT2D eigenvalue weighted by atomic mass is 16.3. The van der Waals surface area contributed by atoms with Gasteiger partial charge in [0.05, 0.1) is 5.60 Å². The van der Waals surface area contributed by atoms with E-state index in [0.717, 1.165) is 0 Å². The maximum atomic E-state index is 10.1. The molecule has 1 atom stereocenters. The summed E-state index contributed by atoms with van der Waals surface area (Å²) in [6.45, 7) is 9.09. The van der Waals surface area contributed by atoms with Crippen LogP contribution in [0.15, 0.2) is 0 Å². The molecule has 1 heterocycles. The summed E-state index contributed by atoms with van der Waals surface area (Å²) in [6, 6.07) is 0.589. The number of nitrogens with one attached hydrogen (secondary N) is 1. The monoisotopic (exact) mass is 214 g/mol. The molecule has 1 aliphatic heterocycles. The normalized spacial score (nSPS) is 24.4. The molecule has 1 rings (SSSR count). The van der Waals surface area contributed by atoms with Gasteiger partial charge < -0.3 is 15.3 Å². The molecule has 3 heteroatoms. The van der Waals surface area contributed by atoms with Crippen molar-refractivity contribution in [2.24, 2.45) is 5.92 Å². The molecule has 0 aromatic heterocycles. The van der Waals surface area contributed by atoms with E-state index in [9.17, 15) is 5.11 Å². The Morgan fingerprint density at radius 2 is 1.93 bits per heavy atom. The lowest BCUT2D eigenvalue weighted by atomic mass is 9.92. The van der Waals surface area contributed by atoms with Gasteiger partial charge in [0.1, 0.15) is 0 Å². The summed E-state index contributed by atoms with van der Waals surface area (Å²) in [7, 11) is 2.17. The van der Waals surface area contributed by atoms with Gasteiger partial charge in [0.2, 0.25) is 0 Å². The molecule has 0 aromatic rings. The molecule has 90 valence electrons. The highest BCUT2D eigenvalue weighted by Gasteiger charge is 2.26. The van der Waals surface area contributed by atoms with Gasteiger partial charge in [0.25, 0.3) is 0 Å². The van der Waals surface area contributed by atoms with E-state index in [1.807, 2.05) is 6.92 Å². The van der Waals surface area contributed by atoms with Crippen molar-refractivity contribution in [3.8, 4) is 0 Å². The molecule has 0 aliphatic carbocycles. The molecule has 0 spiro atoms. The van der Waals surface area contributed by atoms with Crippen LogP contribution in [0.25, 0.3) is 0 Å². The van der Waals surface area contributed by atoms with E-state index in [2.05, 4.69) is 31.1 Å². The van der Waals surface area contributed by atoms with Crippen LogP contribution in [-0.2, 0) is 0 Å². The number of aliphatic hydroxyl groups is 1. The molecule has 2 N–H and O–H groups in total. The molecular weight excluding hydrogens is 188 g/mol. The summed E-state index contributed by atoms with van der Waals surface area (Å²) >= 11 is 0. The highest BCUT2D eigenvalue weighted by molar-refractivity contribution is 4.83. The van der Waals surface area contributed by atoms with Crippen molar-refractivity contribution >= 4 is 0 Å². The van der Waals surface area contributed by atoms with Crippen LogP contribution in [0.2, 0.25) is 0 Å². The maximum Gasteiger partial charge on any atom is 0.0766 e. The predicted octanol–water partition coefficient (Wildman–Crippen LogP) is 1.08. The van der Waals surface area contributed by atoms with E-state index >= 15 is 0 Å². The van der Waals surface area contributed by atoms with Gasteiger partial charge in [-0.1, -0.05) is 13.8 Å². The minimum absolute atomic E-state index is 0.302. The Bertz CT molecular complexity index is 184. The quantitative estimate of drug-likeness (QED) is 0.735. The zero-order valence-electron chi connectivity index (χ0n) is 10.6. The van der Waals surface area contributed by atoms with Gasteiger partial charge >= 0.3 is 0 Å². The average molecular weight is 214 g/mol. The molecule has 0 saturated carbocycles. The van der Waals surface area contributed by atoms with Crippen molar-refractivity contribution in [1.82, 2.24) is 10.2 Å². The fraction of sp³-hybridized carbons (Fsp3) is 1.00. The summed E-state index contributed by atoms with van der Waals surface area (Å²) in [5.41, 5.74) is -0.580. The Balaban J connectivity index is 2.25. The third-order valence-corrected chi connectivity index (χ3v) is 3.71. The SMILES string of the molecule is CC(C)C(C)(O)CNC1CCN(C)CC1. The molecule has 1 unspecified atom stereocenters. The molecule has 0 radical (unpaired) electrons. The minimum atomic E-state index is -0.580. The lowest BCUT2D eigenvalue weighted by molar-refractivity contribution is 0.00996. The molecule has 0 aromatic carbocycles. The number of rotatable bonds is 4. The molecule has 3 nitrogen and oxygen atoms in total. The van der Waals surface area contributed by atoms with Crippen LogP contribution in [0.1, 0.15) is 33.6 Å². The summed E-state index contributed by atoms with van der Waals surface area (Å²) in [5.74, 6) is 0.302. The molecule has 1 fully saturated rings. The first-order valence-corrected chi connectivity index (χ1v) is 6.06. The van der Waals surface area contributed by atoms with Crippen LogP contribution in [0.4, 0.5) is 0 Å². The van der Waals surface area contributed by atoms with Crippen LogP contribution in [0.3, 0.4) is 0 Å². The molecule has 0 amide bonds. The van der Waals surface area contributed by atoms with Crippen molar-refractivity contribution in [1.29, 1.82) is 0 Å². The smallest absolute Gasteiger partial charge is 0.0766 e. The lowest BCUT2D eigenvalue weighted by Crippen LogP contribution is -2.48. The van der Waals surface area contributed by atoms with Gasteiger partial charge in [-0.15, -0.1) is 0 Å². The molecule has 0 bridgehead atoms. The first-order valence-electron chi connectivity index (χ1n) is 6.06. The Morgan fingerprint density at radius 1 is 1.40 bits per heavy atom. The van der Waals surface area contributed by atoms with E-state index in [-0.39, 0.29) is 0 Å². The van der Waals surface area contributed by atoms with Crippen molar-refractivity contribution < 1.29 is 5.11 Å². The Hall–Kier alpha value is -0.120. The number of hydrogen-bond donors (Lipinski definition) is 2. The number of piperidine rings is 1. The first-order chi connectivity index (χ1) is 6.92. The third kappa shape index (κ3) is 4.09. The van der Waals surface area contributed by atoms with Crippen molar-refractivity contribution in [2.75, 3.05) is 26.7 Å². The van der Waals surface area contributed by atoms with E-state index in [4.69, 9.17) is 0 Å². The maximum absolute atomic E-state index is 10.1. The summed E-state index contributed by atoms with van der Waals surface area (Å²) in [4.78, 5) is 2.36. The van der Waals surface area contributed by atoms with Gasteiger partial charge in [-0.2, -0.15) is 0 Å². The van der Waals surface area contributed by atoms with E-state index in [1.54, 1.807) is 0 Å². The van der Waals surface area contributed by atoms with Crippen molar-refractivity contribution in [3.63, 3.8) is 0 Å². The standard InChI is InChI=1S/C12H26N2O/c1-10(2)12(3,15)9-13-11-5-7-14(4)8-6-11/h10-11,13,15H,5-9H2,1-4H3. The predicted molar refractivity (Wildman–Crippen MR) is 64.0 cm³/mol. The fourth-order valence-corrected chi connectivity index (χ4v) is 1.77.